The maximum atomic E-state index is 13.8. The molecule has 0 aromatic carbocycles. The van der Waals surface area contributed by atoms with Gasteiger partial charge in [-0.25, -0.2) is 9.79 Å². The van der Waals surface area contributed by atoms with E-state index in [1.807, 2.05) is 0 Å². The largest absolute Gasteiger partial charge is 0.493 e. The zero-order chi connectivity index (χ0) is 23.2. The van der Waals surface area contributed by atoms with Crippen molar-refractivity contribution >= 4 is 17.7 Å². The number of nitrogens with zero attached hydrogens (tertiary/aromatic N) is 6. The van der Waals surface area contributed by atoms with Gasteiger partial charge in [0.25, 0.3) is 5.62 Å². The summed E-state index contributed by atoms with van der Waals surface area (Å²) in [5, 5.41) is 16.7. The van der Waals surface area contributed by atoms with Crippen LogP contribution >= 0.6 is 0 Å². The normalized spacial score (nSPS) is 16.5. The van der Waals surface area contributed by atoms with Crippen LogP contribution in [-0.4, -0.2) is 51.9 Å². The minimum atomic E-state index is -4.68. The van der Waals surface area contributed by atoms with Crippen LogP contribution in [0.3, 0.4) is 0 Å². The first-order chi connectivity index (χ1) is 15.8. The number of hydrogen-bond donors (Lipinski definition) is 4. The molecule has 1 aliphatic rings. The molecule has 0 spiro atoms. The van der Waals surface area contributed by atoms with Gasteiger partial charge < -0.3 is 15.4 Å². The molecule has 4 N–H and O–H groups in total. The topological polar surface area (TPSA) is 149 Å². The summed E-state index contributed by atoms with van der Waals surface area (Å²) in [6.07, 6.45) is 1.03. The maximum Gasteiger partial charge on any atom is 0.414 e. The lowest BCUT2D eigenvalue weighted by Crippen LogP contribution is -2.32. The molecule has 14 heteroatoms. The highest BCUT2D eigenvalue weighted by Crippen LogP contribution is 2.33. The van der Waals surface area contributed by atoms with Crippen LogP contribution in [0.5, 0.6) is 5.88 Å². The lowest BCUT2D eigenvalue weighted by molar-refractivity contribution is -0.144. The van der Waals surface area contributed by atoms with Crippen molar-refractivity contribution in [2.24, 2.45) is 4.99 Å². The number of fused-ring (bicyclic) bond motifs is 1. The molecular formula is C19H16F3N9O2. The van der Waals surface area contributed by atoms with Crippen LogP contribution in [0.25, 0.3) is 11.7 Å². The summed E-state index contributed by atoms with van der Waals surface area (Å²) >= 11 is 0. The van der Waals surface area contributed by atoms with Gasteiger partial charge in [-0.2, -0.15) is 32.8 Å². The first-order valence-corrected chi connectivity index (χ1v) is 9.85. The molecule has 1 atom stereocenters. The van der Waals surface area contributed by atoms with E-state index in [4.69, 9.17) is 0 Å². The zero-order valence-corrected chi connectivity index (χ0v) is 16.7. The van der Waals surface area contributed by atoms with Crippen molar-refractivity contribution in [1.29, 1.82) is 0 Å². The Hall–Kier alpha value is -4.23. The molecule has 4 aromatic rings. The number of halogens is 3. The Morgan fingerprint density at radius 3 is 2.73 bits per heavy atom. The number of imidazole rings is 1. The first kappa shape index (κ1) is 20.7. The number of anilines is 1. The predicted octanol–water partition coefficient (Wildman–Crippen LogP) is 0.568. The second-order valence-electron chi connectivity index (χ2n) is 7.40. The number of pyridine rings is 1. The summed E-state index contributed by atoms with van der Waals surface area (Å²) in [5.41, 5.74) is -0.594. The van der Waals surface area contributed by atoms with Crippen LogP contribution in [0.4, 0.5) is 19.1 Å². The second-order valence-corrected chi connectivity index (χ2v) is 7.40. The average molecular weight is 459 g/mol. The van der Waals surface area contributed by atoms with Gasteiger partial charge in [-0.05, 0) is 31.1 Å². The van der Waals surface area contributed by atoms with E-state index in [0.717, 1.165) is 12.8 Å². The molecule has 0 amide bonds. The smallest absolute Gasteiger partial charge is 0.414 e. The molecule has 11 nitrogen and oxygen atoms in total. The monoisotopic (exact) mass is 459 g/mol. The van der Waals surface area contributed by atoms with E-state index in [9.17, 15) is 23.1 Å². The van der Waals surface area contributed by atoms with E-state index >= 15 is 0 Å². The van der Waals surface area contributed by atoms with Crippen LogP contribution in [0.2, 0.25) is 0 Å². The molecule has 33 heavy (non-hydrogen) atoms. The average Bonchev–Trinajstić information content (AvgIpc) is 3.40. The molecule has 4 heterocycles. The summed E-state index contributed by atoms with van der Waals surface area (Å²) in [4.78, 5) is 32.6. The van der Waals surface area contributed by atoms with Crippen LogP contribution in [0, 0.1) is 0 Å². The number of H-pyrrole nitrogens is 2. The summed E-state index contributed by atoms with van der Waals surface area (Å²) in [6, 6.07) is 2.07. The number of alkyl halides is 3. The SMILES string of the molecule is O=c1[nH]c(O)c(/C=c2\cnn3c(=NC4CC4)nc(NC(c4ccccn4)C(F)(F)F)nc23)[nH]1. The molecule has 170 valence electrons. The third kappa shape index (κ3) is 4.26. The van der Waals surface area contributed by atoms with E-state index in [-0.39, 0.29) is 34.6 Å². The number of aromatic amines is 2. The van der Waals surface area contributed by atoms with E-state index in [0.29, 0.717) is 5.22 Å². The van der Waals surface area contributed by atoms with Gasteiger partial charge >= 0.3 is 11.9 Å². The van der Waals surface area contributed by atoms with Crippen molar-refractivity contribution in [3.63, 3.8) is 0 Å². The van der Waals surface area contributed by atoms with Crippen LogP contribution in [-0.2, 0) is 0 Å². The molecule has 1 unspecified atom stereocenters. The molecule has 5 rings (SSSR count). The van der Waals surface area contributed by atoms with Crippen molar-refractivity contribution in [3.05, 3.63) is 63.3 Å². The third-order valence-electron chi connectivity index (χ3n) is 4.84. The van der Waals surface area contributed by atoms with Gasteiger partial charge in [0.15, 0.2) is 11.7 Å². The van der Waals surface area contributed by atoms with Crippen LogP contribution in [0.1, 0.15) is 30.3 Å². The highest BCUT2D eigenvalue weighted by Gasteiger charge is 2.42. The van der Waals surface area contributed by atoms with Crippen molar-refractivity contribution in [2.75, 3.05) is 5.32 Å². The molecule has 1 saturated carbocycles. The number of aromatic nitrogens is 7. The number of rotatable bonds is 5. The van der Waals surface area contributed by atoms with Crippen molar-refractivity contribution < 1.29 is 18.3 Å². The zero-order valence-electron chi connectivity index (χ0n) is 16.7. The van der Waals surface area contributed by atoms with Crippen LogP contribution < -0.4 is 21.8 Å². The van der Waals surface area contributed by atoms with Crippen molar-refractivity contribution in [2.45, 2.75) is 31.1 Å². The predicted molar refractivity (Wildman–Crippen MR) is 108 cm³/mol. The number of aromatic hydroxyl groups is 1. The fraction of sp³-hybridized carbons (Fsp3) is 0.263. The van der Waals surface area contributed by atoms with Crippen molar-refractivity contribution in [1.82, 2.24) is 34.5 Å². The fourth-order valence-electron chi connectivity index (χ4n) is 3.14. The maximum absolute atomic E-state index is 13.8. The minimum Gasteiger partial charge on any atom is -0.493 e. The Labute approximate surface area is 181 Å². The molecule has 1 aliphatic carbocycles. The highest BCUT2D eigenvalue weighted by atomic mass is 19.4. The molecule has 1 fully saturated rings. The number of hydrogen-bond acceptors (Lipinski definition) is 8. The molecule has 0 radical (unpaired) electrons. The lowest BCUT2D eigenvalue weighted by atomic mass is 10.2. The fourth-order valence-corrected chi connectivity index (χ4v) is 3.14. The summed E-state index contributed by atoms with van der Waals surface area (Å²) in [5.74, 6) is -0.723. The van der Waals surface area contributed by atoms with Gasteiger partial charge in [0.2, 0.25) is 11.8 Å². The first-order valence-electron chi connectivity index (χ1n) is 9.85. The van der Waals surface area contributed by atoms with Gasteiger partial charge in [-0.15, -0.1) is 0 Å². The second kappa shape index (κ2) is 7.72. The summed E-state index contributed by atoms with van der Waals surface area (Å²) in [7, 11) is 0. The third-order valence-corrected chi connectivity index (χ3v) is 4.84. The quantitative estimate of drug-likeness (QED) is 0.341. The van der Waals surface area contributed by atoms with E-state index in [1.165, 1.54) is 41.2 Å². The van der Waals surface area contributed by atoms with Gasteiger partial charge in [-0.3, -0.25) is 9.97 Å². The van der Waals surface area contributed by atoms with Gasteiger partial charge in [0.1, 0.15) is 5.69 Å². The Balaban J connectivity index is 1.66. The minimum absolute atomic E-state index is 0.00635. The number of nitrogens with one attached hydrogen (secondary N) is 3. The van der Waals surface area contributed by atoms with E-state index < -0.39 is 23.8 Å². The summed E-state index contributed by atoms with van der Waals surface area (Å²) in [6.45, 7) is 0. The van der Waals surface area contributed by atoms with E-state index in [2.05, 4.69) is 40.3 Å². The Kier molecular flexibility index (Phi) is 4.83. The lowest BCUT2D eigenvalue weighted by Gasteiger charge is -2.21. The Morgan fingerprint density at radius 1 is 1.27 bits per heavy atom. The standard InChI is InChI=1S/C19H16F3N9O2/c20-19(21,22)13(11-3-1-2-6-23-11)27-16-28-14-9(7-12-15(32)29-18(33)26-12)8-24-31(14)17(30-16)25-10-4-5-10/h1-3,6-8,10,13,32H,4-5H2,(H,25,27,30)(H2,26,29,33)/b9-7+. The molecule has 0 bridgehead atoms. The van der Waals surface area contributed by atoms with E-state index in [1.54, 1.807) is 0 Å². The Bertz CT molecular complexity index is 1490. The van der Waals surface area contributed by atoms with Gasteiger partial charge in [-0.1, -0.05) is 6.07 Å². The van der Waals surface area contributed by atoms with Gasteiger partial charge in [0.05, 0.1) is 17.9 Å². The summed E-state index contributed by atoms with van der Waals surface area (Å²) < 4.78 is 42.7. The van der Waals surface area contributed by atoms with Crippen LogP contribution in [0.15, 0.2) is 40.4 Å². The Morgan fingerprint density at radius 2 is 2.09 bits per heavy atom. The molecule has 0 saturated heterocycles. The van der Waals surface area contributed by atoms with Gasteiger partial charge in [0, 0.05) is 11.4 Å². The van der Waals surface area contributed by atoms with Crippen molar-refractivity contribution in [3.8, 4) is 5.88 Å². The highest BCUT2D eigenvalue weighted by molar-refractivity contribution is 5.57. The molecule has 4 aromatic heterocycles. The molecule has 0 aliphatic heterocycles. The molecular weight excluding hydrogens is 443 g/mol.